The molecule has 6 rings (SSSR count). The summed E-state index contributed by atoms with van der Waals surface area (Å²) >= 11 is 0. The Balaban J connectivity index is 1.08. The van der Waals surface area contributed by atoms with Crippen molar-refractivity contribution in [2.75, 3.05) is 36.9 Å². The third-order valence-electron chi connectivity index (χ3n) is 8.14. The van der Waals surface area contributed by atoms with Crippen molar-refractivity contribution in [1.29, 1.82) is 0 Å². The molecule has 0 spiro atoms. The molecule has 1 fully saturated rings. The second-order valence-corrected chi connectivity index (χ2v) is 11.5. The highest BCUT2D eigenvalue weighted by molar-refractivity contribution is 6.15. The number of ketones is 1. The summed E-state index contributed by atoms with van der Waals surface area (Å²) < 4.78 is 7.42. The van der Waals surface area contributed by atoms with Crippen LogP contribution in [0.5, 0.6) is 5.75 Å². The average Bonchev–Trinajstić information content (AvgIpc) is 3.56. The predicted octanol–water partition coefficient (Wildman–Crippen LogP) is 5.51. The van der Waals surface area contributed by atoms with E-state index >= 15 is 0 Å². The highest BCUT2D eigenvalue weighted by Crippen LogP contribution is 2.33. The Morgan fingerprint density at radius 2 is 1.80 bits per heavy atom. The first kappa shape index (κ1) is 30.0. The Bertz CT molecular complexity index is 1750. The number of aromatic nitrogens is 2. The zero-order chi connectivity index (χ0) is 31.3. The number of fused-ring (bicyclic) bond motifs is 1. The molecule has 1 atom stereocenters. The van der Waals surface area contributed by atoms with Crippen LogP contribution in [-0.4, -0.2) is 64.7 Å². The van der Waals surface area contributed by atoms with E-state index in [0.29, 0.717) is 34.8 Å². The van der Waals surface area contributed by atoms with Gasteiger partial charge >= 0.3 is 0 Å². The van der Waals surface area contributed by atoms with Crippen molar-refractivity contribution in [2.45, 2.75) is 32.1 Å². The summed E-state index contributed by atoms with van der Waals surface area (Å²) in [6.45, 7) is 5.70. The van der Waals surface area contributed by atoms with E-state index < -0.39 is 5.92 Å². The molecule has 10 heteroatoms. The van der Waals surface area contributed by atoms with Gasteiger partial charge in [0.25, 0.3) is 5.91 Å². The number of hydrogen-bond acceptors (Lipinski definition) is 7. The van der Waals surface area contributed by atoms with Gasteiger partial charge in [-0.1, -0.05) is 30.7 Å². The number of aryl methyl sites for hydroxylation is 2. The minimum atomic E-state index is -0.571. The number of ether oxygens (including phenoxy) is 1. The SMILES string of the molecule is Cc1cc(C(=O)Nc2cccc(C(=O)c3ccc4c(c3)NC(=O)C4C=Nc3ccc(OCCN4CCCCC4)cc3)c2)n(C)n1. The molecule has 0 radical (unpaired) electrons. The Morgan fingerprint density at radius 3 is 2.56 bits per heavy atom. The molecule has 1 unspecified atom stereocenters. The molecular weight excluding hydrogens is 568 g/mol. The standard InChI is InChI=1S/C35H36N6O4/c1-23-19-32(40(2)39-23)35(44)37-27-8-6-7-24(20-27)33(42)25-9-14-29-30(34(43)38-31(29)21-25)22-36-26-10-12-28(13-11-26)45-18-17-41-15-4-3-5-16-41/h6-14,19-22,30H,3-5,15-18H2,1-2H3,(H,37,44)(H,38,43). The van der Waals surface area contributed by atoms with Gasteiger partial charge in [0.1, 0.15) is 24.0 Å². The van der Waals surface area contributed by atoms with Crippen molar-refractivity contribution in [1.82, 2.24) is 14.7 Å². The maximum absolute atomic E-state index is 13.4. The molecule has 0 bridgehead atoms. The van der Waals surface area contributed by atoms with Gasteiger partial charge in [0.15, 0.2) is 5.78 Å². The third kappa shape index (κ3) is 7.02. The number of likely N-dealkylation sites (tertiary alicyclic amines) is 1. The number of rotatable bonds is 10. The number of aliphatic imine (C=N–C) groups is 1. The largest absolute Gasteiger partial charge is 0.492 e. The van der Waals surface area contributed by atoms with E-state index in [1.54, 1.807) is 61.8 Å². The molecule has 2 aliphatic rings. The molecule has 1 saturated heterocycles. The lowest BCUT2D eigenvalue weighted by molar-refractivity contribution is -0.115. The van der Waals surface area contributed by atoms with Gasteiger partial charge in [0, 0.05) is 42.3 Å². The molecule has 10 nitrogen and oxygen atoms in total. The zero-order valence-corrected chi connectivity index (χ0v) is 25.5. The van der Waals surface area contributed by atoms with Gasteiger partial charge in [-0.2, -0.15) is 5.10 Å². The molecule has 2 N–H and O–H groups in total. The first-order valence-corrected chi connectivity index (χ1v) is 15.2. The smallest absolute Gasteiger partial charge is 0.273 e. The van der Waals surface area contributed by atoms with Gasteiger partial charge in [-0.3, -0.25) is 29.0 Å². The molecule has 0 aliphatic carbocycles. The highest BCUT2D eigenvalue weighted by atomic mass is 16.5. The van der Waals surface area contributed by atoms with Crippen LogP contribution < -0.4 is 15.4 Å². The average molecular weight is 605 g/mol. The van der Waals surface area contributed by atoms with Crippen LogP contribution in [0.1, 0.15) is 62.8 Å². The van der Waals surface area contributed by atoms with E-state index in [0.717, 1.165) is 42.3 Å². The van der Waals surface area contributed by atoms with Crippen LogP contribution in [0.15, 0.2) is 77.8 Å². The second kappa shape index (κ2) is 13.3. The second-order valence-electron chi connectivity index (χ2n) is 11.5. The number of nitrogens with zero attached hydrogens (tertiary/aromatic N) is 4. The van der Waals surface area contributed by atoms with E-state index in [9.17, 15) is 14.4 Å². The Labute approximate surface area is 262 Å². The molecule has 2 aliphatic heterocycles. The fraction of sp³-hybridized carbons (Fsp3) is 0.286. The summed E-state index contributed by atoms with van der Waals surface area (Å²) in [4.78, 5) is 45.9. The summed E-state index contributed by atoms with van der Waals surface area (Å²) in [5.74, 6) is -0.522. The van der Waals surface area contributed by atoms with Crippen LogP contribution >= 0.6 is 0 Å². The number of amides is 2. The molecule has 45 heavy (non-hydrogen) atoms. The Hall–Kier alpha value is -5.09. The minimum absolute atomic E-state index is 0.203. The topological polar surface area (TPSA) is 118 Å². The van der Waals surface area contributed by atoms with E-state index in [1.807, 2.05) is 31.2 Å². The third-order valence-corrected chi connectivity index (χ3v) is 8.14. The number of anilines is 2. The first-order chi connectivity index (χ1) is 21.8. The van der Waals surface area contributed by atoms with Gasteiger partial charge < -0.3 is 15.4 Å². The molecule has 3 heterocycles. The van der Waals surface area contributed by atoms with Crippen molar-refractivity contribution in [3.63, 3.8) is 0 Å². The number of carbonyl (C=O) groups is 3. The summed E-state index contributed by atoms with van der Waals surface area (Å²) in [5, 5.41) is 9.92. The number of nitrogens with one attached hydrogen (secondary N) is 2. The number of hydrogen-bond donors (Lipinski definition) is 2. The summed E-state index contributed by atoms with van der Waals surface area (Å²) in [6, 6.07) is 21.2. The Morgan fingerprint density at radius 1 is 1.02 bits per heavy atom. The van der Waals surface area contributed by atoms with E-state index in [4.69, 9.17) is 4.74 Å². The minimum Gasteiger partial charge on any atom is -0.492 e. The van der Waals surface area contributed by atoms with Crippen molar-refractivity contribution >= 4 is 40.9 Å². The molecule has 3 aromatic carbocycles. The molecule has 1 aromatic heterocycles. The van der Waals surface area contributed by atoms with Gasteiger partial charge in [0.2, 0.25) is 5.91 Å². The van der Waals surface area contributed by atoms with Crippen molar-refractivity contribution < 1.29 is 19.1 Å². The normalized spacial score (nSPS) is 16.4. The maximum Gasteiger partial charge on any atom is 0.273 e. The molecule has 2 amide bonds. The molecule has 4 aromatic rings. The first-order valence-electron chi connectivity index (χ1n) is 15.2. The Kier molecular flexibility index (Phi) is 8.84. The summed E-state index contributed by atoms with van der Waals surface area (Å²) in [5.41, 5.74) is 4.54. The summed E-state index contributed by atoms with van der Waals surface area (Å²) in [6.07, 6.45) is 5.48. The lowest BCUT2D eigenvalue weighted by atomic mass is 9.97. The molecule has 230 valence electrons. The van der Waals surface area contributed by atoms with Crippen LogP contribution in [0.25, 0.3) is 0 Å². The summed E-state index contributed by atoms with van der Waals surface area (Å²) in [7, 11) is 1.70. The van der Waals surface area contributed by atoms with Crippen LogP contribution in [0.4, 0.5) is 17.1 Å². The maximum atomic E-state index is 13.4. The predicted molar refractivity (Wildman–Crippen MR) is 174 cm³/mol. The van der Waals surface area contributed by atoms with Gasteiger partial charge in [0.05, 0.1) is 11.4 Å². The van der Waals surface area contributed by atoms with E-state index in [2.05, 4.69) is 25.6 Å². The van der Waals surface area contributed by atoms with Crippen LogP contribution in [0.3, 0.4) is 0 Å². The fourth-order valence-electron chi connectivity index (χ4n) is 5.76. The number of benzene rings is 3. The lowest BCUT2D eigenvalue weighted by Crippen LogP contribution is -2.33. The highest BCUT2D eigenvalue weighted by Gasteiger charge is 2.30. The quantitative estimate of drug-likeness (QED) is 0.182. The molecular formula is C35H36N6O4. The van der Waals surface area contributed by atoms with Crippen LogP contribution in [0, 0.1) is 6.92 Å². The lowest BCUT2D eigenvalue weighted by Gasteiger charge is -2.26. The van der Waals surface area contributed by atoms with Gasteiger partial charge in [-0.25, -0.2) is 0 Å². The number of piperidine rings is 1. The van der Waals surface area contributed by atoms with Crippen LogP contribution in [-0.2, 0) is 11.8 Å². The van der Waals surface area contributed by atoms with Crippen molar-refractivity contribution in [3.05, 3.63) is 101 Å². The molecule has 0 saturated carbocycles. The zero-order valence-electron chi connectivity index (χ0n) is 25.5. The van der Waals surface area contributed by atoms with Gasteiger partial charge in [-0.05, 0) is 86.9 Å². The van der Waals surface area contributed by atoms with E-state index in [1.165, 1.54) is 23.9 Å². The van der Waals surface area contributed by atoms with Crippen molar-refractivity contribution in [2.24, 2.45) is 12.0 Å². The fourth-order valence-corrected chi connectivity index (χ4v) is 5.76. The van der Waals surface area contributed by atoms with Crippen molar-refractivity contribution in [3.8, 4) is 5.75 Å². The van der Waals surface area contributed by atoms with Gasteiger partial charge in [-0.15, -0.1) is 0 Å². The number of carbonyl (C=O) groups excluding carboxylic acids is 3. The van der Waals surface area contributed by atoms with Crippen LogP contribution in [0.2, 0.25) is 0 Å². The monoisotopic (exact) mass is 604 g/mol. The van der Waals surface area contributed by atoms with E-state index in [-0.39, 0.29) is 17.6 Å².